The van der Waals surface area contributed by atoms with Gasteiger partial charge in [-0.25, -0.2) is 4.98 Å². The second kappa shape index (κ2) is 5.67. The van der Waals surface area contributed by atoms with E-state index in [-0.39, 0.29) is 6.61 Å². The lowest BCUT2D eigenvalue weighted by Gasteiger charge is -2.10. The topological polar surface area (TPSA) is 74.4 Å². The van der Waals surface area contributed by atoms with Crippen LogP contribution >= 0.6 is 15.9 Å². The molecule has 0 saturated heterocycles. The average Bonchev–Trinajstić information content (AvgIpc) is 2.26. The molecule has 0 spiro atoms. The van der Waals surface area contributed by atoms with E-state index in [1.54, 1.807) is 18.3 Å². The van der Waals surface area contributed by atoms with E-state index < -0.39 is 12.0 Å². The third-order valence-corrected chi connectivity index (χ3v) is 2.23. The van der Waals surface area contributed by atoms with Crippen LogP contribution in [0.25, 0.3) is 0 Å². The number of esters is 1. The Kier molecular flexibility index (Phi) is 4.51. The molecule has 0 aliphatic carbocycles. The number of rotatable bonds is 4. The molecule has 1 heterocycles. The van der Waals surface area contributed by atoms with Crippen molar-refractivity contribution in [3.05, 3.63) is 22.8 Å². The van der Waals surface area contributed by atoms with Crippen LogP contribution in [0.5, 0.6) is 5.88 Å². The number of carbonyl (C=O) groups is 1. The van der Waals surface area contributed by atoms with Crippen LogP contribution in [0, 0.1) is 0 Å². The summed E-state index contributed by atoms with van der Waals surface area (Å²) in [6.07, 6.45) is 1.59. The predicted octanol–water partition coefficient (Wildman–Crippen LogP) is 0.723. The Hall–Kier alpha value is -1.14. The van der Waals surface area contributed by atoms with E-state index in [0.717, 1.165) is 0 Å². The number of methoxy groups -OCH3 is 1. The van der Waals surface area contributed by atoms with Gasteiger partial charge in [0.15, 0.2) is 0 Å². The molecule has 1 aromatic rings. The van der Waals surface area contributed by atoms with Crippen LogP contribution in [-0.4, -0.2) is 30.7 Å². The van der Waals surface area contributed by atoms with E-state index in [1.807, 2.05) is 0 Å². The first-order valence-electron chi connectivity index (χ1n) is 4.22. The van der Waals surface area contributed by atoms with Gasteiger partial charge >= 0.3 is 5.97 Å². The standard InChI is InChI=1S/C9H11BrN2O3/c1-14-9(13)7(11)5-15-8-6(10)3-2-4-12-8/h2-4,7H,5,11H2,1H3. The van der Waals surface area contributed by atoms with Crippen LogP contribution in [0.3, 0.4) is 0 Å². The van der Waals surface area contributed by atoms with Gasteiger partial charge in [-0.15, -0.1) is 0 Å². The van der Waals surface area contributed by atoms with Crippen LogP contribution in [0.4, 0.5) is 0 Å². The zero-order valence-corrected chi connectivity index (χ0v) is 9.73. The monoisotopic (exact) mass is 274 g/mol. The highest BCUT2D eigenvalue weighted by atomic mass is 79.9. The lowest BCUT2D eigenvalue weighted by Crippen LogP contribution is -2.37. The van der Waals surface area contributed by atoms with Crippen molar-refractivity contribution < 1.29 is 14.3 Å². The maximum absolute atomic E-state index is 11.0. The molecule has 0 aliphatic heterocycles. The molecule has 6 heteroatoms. The molecule has 1 atom stereocenters. The molecule has 82 valence electrons. The Morgan fingerprint density at radius 2 is 2.47 bits per heavy atom. The van der Waals surface area contributed by atoms with E-state index in [1.165, 1.54) is 7.11 Å². The second-order valence-electron chi connectivity index (χ2n) is 2.73. The number of nitrogens with two attached hydrogens (primary N) is 1. The SMILES string of the molecule is COC(=O)C(N)COc1ncccc1Br. The maximum atomic E-state index is 11.0. The van der Waals surface area contributed by atoms with Crippen LogP contribution in [-0.2, 0) is 9.53 Å². The van der Waals surface area contributed by atoms with Crippen molar-refractivity contribution in [1.82, 2.24) is 4.98 Å². The third kappa shape index (κ3) is 3.49. The number of pyridine rings is 1. The molecule has 15 heavy (non-hydrogen) atoms. The summed E-state index contributed by atoms with van der Waals surface area (Å²) in [5.41, 5.74) is 5.48. The number of aromatic nitrogens is 1. The fraction of sp³-hybridized carbons (Fsp3) is 0.333. The Bertz CT molecular complexity index is 346. The van der Waals surface area contributed by atoms with Gasteiger partial charge in [0.05, 0.1) is 11.6 Å². The van der Waals surface area contributed by atoms with Crippen LogP contribution in [0.2, 0.25) is 0 Å². The van der Waals surface area contributed by atoms with E-state index in [2.05, 4.69) is 25.7 Å². The first-order valence-corrected chi connectivity index (χ1v) is 5.01. The van der Waals surface area contributed by atoms with E-state index in [9.17, 15) is 4.79 Å². The summed E-state index contributed by atoms with van der Waals surface area (Å²) >= 11 is 3.26. The quantitative estimate of drug-likeness (QED) is 0.820. The maximum Gasteiger partial charge on any atom is 0.326 e. The number of hydrogen-bond acceptors (Lipinski definition) is 5. The summed E-state index contributed by atoms with van der Waals surface area (Å²) in [6, 6.07) is 2.74. The average molecular weight is 275 g/mol. The molecule has 0 radical (unpaired) electrons. The van der Waals surface area contributed by atoms with Gasteiger partial charge in [0.1, 0.15) is 12.6 Å². The van der Waals surface area contributed by atoms with Gasteiger partial charge in [0.25, 0.3) is 0 Å². The minimum absolute atomic E-state index is 0.0300. The summed E-state index contributed by atoms with van der Waals surface area (Å²) in [5.74, 6) is -0.112. The second-order valence-corrected chi connectivity index (χ2v) is 3.59. The molecular weight excluding hydrogens is 264 g/mol. The van der Waals surface area contributed by atoms with Gasteiger partial charge in [-0.2, -0.15) is 0 Å². The highest BCUT2D eigenvalue weighted by Gasteiger charge is 2.15. The lowest BCUT2D eigenvalue weighted by molar-refractivity contribution is -0.142. The fourth-order valence-corrected chi connectivity index (χ4v) is 1.23. The molecule has 1 aromatic heterocycles. The van der Waals surface area contributed by atoms with Crippen molar-refractivity contribution in [3.8, 4) is 5.88 Å². The third-order valence-electron chi connectivity index (χ3n) is 1.63. The summed E-state index contributed by atoms with van der Waals surface area (Å²) in [4.78, 5) is 14.9. The number of hydrogen-bond donors (Lipinski definition) is 1. The van der Waals surface area contributed by atoms with Crippen molar-refractivity contribution in [2.24, 2.45) is 5.73 Å². The molecule has 0 aromatic carbocycles. The van der Waals surface area contributed by atoms with Crippen molar-refractivity contribution >= 4 is 21.9 Å². The summed E-state index contributed by atoms with van der Waals surface area (Å²) in [6.45, 7) is 0.0300. The molecule has 0 saturated carbocycles. The van der Waals surface area contributed by atoms with Crippen molar-refractivity contribution in [2.45, 2.75) is 6.04 Å². The van der Waals surface area contributed by atoms with E-state index >= 15 is 0 Å². The molecule has 1 unspecified atom stereocenters. The molecule has 0 bridgehead atoms. The predicted molar refractivity (Wildman–Crippen MR) is 57.4 cm³/mol. The number of ether oxygens (including phenoxy) is 2. The first kappa shape index (κ1) is 11.9. The summed E-state index contributed by atoms with van der Waals surface area (Å²) < 4.78 is 10.4. The van der Waals surface area contributed by atoms with Crippen LogP contribution in [0.1, 0.15) is 0 Å². The normalized spacial score (nSPS) is 11.9. The van der Waals surface area contributed by atoms with Gasteiger partial charge in [-0.1, -0.05) is 0 Å². The van der Waals surface area contributed by atoms with Gasteiger partial charge in [-0.05, 0) is 28.1 Å². The first-order chi connectivity index (χ1) is 7.15. The number of nitrogens with zero attached hydrogens (tertiary/aromatic N) is 1. The Morgan fingerprint density at radius 1 is 1.73 bits per heavy atom. The molecular formula is C9H11BrN2O3. The van der Waals surface area contributed by atoms with Gasteiger partial charge in [0.2, 0.25) is 5.88 Å². The van der Waals surface area contributed by atoms with E-state index in [0.29, 0.717) is 10.4 Å². The van der Waals surface area contributed by atoms with Gasteiger partial charge < -0.3 is 15.2 Å². The highest BCUT2D eigenvalue weighted by molar-refractivity contribution is 9.10. The van der Waals surface area contributed by atoms with Crippen molar-refractivity contribution in [2.75, 3.05) is 13.7 Å². The minimum Gasteiger partial charge on any atom is -0.475 e. The largest absolute Gasteiger partial charge is 0.475 e. The zero-order chi connectivity index (χ0) is 11.3. The molecule has 5 nitrogen and oxygen atoms in total. The van der Waals surface area contributed by atoms with E-state index in [4.69, 9.17) is 10.5 Å². The molecule has 1 rings (SSSR count). The Labute approximate surface area is 95.7 Å². The van der Waals surface area contributed by atoms with Gasteiger partial charge in [0, 0.05) is 6.20 Å². The molecule has 0 fully saturated rings. The molecule has 0 amide bonds. The lowest BCUT2D eigenvalue weighted by atomic mass is 10.3. The minimum atomic E-state index is -0.802. The fourth-order valence-electron chi connectivity index (χ4n) is 0.866. The number of halogens is 1. The van der Waals surface area contributed by atoms with Crippen LogP contribution < -0.4 is 10.5 Å². The highest BCUT2D eigenvalue weighted by Crippen LogP contribution is 2.20. The zero-order valence-electron chi connectivity index (χ0n) is 8.14. The van der Waals surface area contributed by atoms with Gasteiger partial charge in [-0.3, -0.25) is 4.79 Å². The summed E-state index contributed by atoms with van der Waals surface area (Å²) in [7, 11) is 1.28. The molecule has 0 aliphatic rings. The van der Waals surface area contributed by atoms with Crippen LogP contribution in [0.15, 0.2) is 22.8 Å². The number of carbonyl (C=O) groups excluding carboxylic acids is 1. The van der Waals surface area contributed by atoms with Crippen molar-refractivity contribution in [1.29, 1.82) is 0 Å². The smallest absolute Gasteiger partial charge is 0.326 e. The molecule has 2 N–H and O–H groups in total. The van der Waals surface area contributed by atoms with Crippen molar-refractivity contribution in [3.63, 3.8) is 0 Å². The Morgan fingerprint density at radius 3 is 3.07 bits per heavy atom. The Balaban J connectivity index is 2.50. The summed E-state index contributed by atoms with van der Waals surface area (Å²) in [5, 5.41) is 0.